The summed E-state index contributed by atoms with van der Waals surface area (Å²) in [6, 6.07) is 11.2. The highest BCUT2D eigenvalue weighted by Crippen LogP contribution is 2.29. The fourth-order valence-corrected chi connectivity index (χ4v) is 2.07. The lowest BCUT2D eigenvalue weighted by atomic mass is 10.3. The molecular weight excluding hydrogens is 317 g/mol. The van der Waals surface area contributed by atoms with Crippen molar-refractivity contribution < 1.29 is 13.9 Å². The van der Waals surface area contributed by atoms with Gasteiger partial charge >= 0.3 is 0 Å². The number of nitrogens with one attached hydrogen (secondary N) is 1. The summed E-state index contributed by atoms with van der Waals surface area (Å²) in [5.74, 6) is 0.620. The monoisotopic (exact) mass is 331 g/mol. The molecular formula is C16H14FN3O2S. The number of rotatable bonds is 4. The van der Waals surface area contributed by atoms with Gasteiger partial charge < -0.3 is 9.47 Å². The molecule has 5 nitrogen and oxygen atoms in total. The van der Waals surface area contributed by atoms with Crippen LogP contribution >= 0.6 is 11.8 Å². The normalized spacial score (nSPS) is 10.8. The van der Waals surface area contributed by atoms with Gasteiger partial charge in [-0.1, -0.05) is 17.8 Å². The molecule has 0 aromatic heterocycles. The molecule has 0 spiro atoms. The second-order valence-electron chi connectivity index (χ2n) is 4.25. The largest absolute Gasteiger partial charge is 0.497 e. The third kappa shape index (κ3) is 4.63. The molecule has 0 aliphatic heterocycles. The van der Waals surface area contributed by atoms with Crippen LogP contribution in [0.4, 0.5) is 10.1 Å². The van der Waals surface area contributed by atoms with Crippen molar-refractivity contribution in [2.75, 3.05) is 13.4 Å². The van der Waals surface area contributed by atoms with E-state index in [2.05, 4.69) is 10.3 Å². The van der Waals surface area contributed by atoms with Gasteiger partial charge in [0.1, 0.15) is 11.5 Å². The predicted molar refractivity (Wildman–Crippen MR) is 88.8 cm³/mol. The summed E-state index contributed by atoms with van der Waals surface area (Å²) in [5, 5.41) is 11.4. The number of methoxy groups -OCH3 is 1. The van der Waals surface area contributed by atoms with Crippen LogP contribution in [0.25, 0.3) is 0 Å². The van der Waals surface area contributed by atoms with Crippen molar-refractivity contribution in [3.05, 3.63) is 48.3 Å². The van der Waals surface area contributed by atoms with Crippen LogP contribution in [0.2, 0.25) is 0 Å². The second kappa shape index (κ2) is 8.06. The van der Waals surface area contributed by atoms with E-state index in [1.54, 1.807) is 49.9 Å². The van der Waals surface area contributed by atoms with Crippen LogP contribution < -0.4 is 14.8 Å². The molecule has 0 atom stereocenters. The zero-order valence-corrected chi connectivity index (χ0v) is 13.4. The maximum Gasteiger partial charge on any atom is 0.183 e. The number of halogens is 1. The molecule has 2 rings (SSSR count). The van der Waals surface area contributed by atoms with Gasteiger partial charge in [0, 0.05) is 12.1 Å². The van der Waals surface area contributed by atoms with Gasteiger partial charge in [-0.05, 0) is 30.5 Å². The predicted octanol–water partition coefficient (Wildman–Crippen LogP) is 4.05. The van der Waals surface area contributed by atoms with Gasteiger partial charge in [-0.15, -0.1) is 0 Å². The second-order valence-corrected chi connectivity index (χ2v) is 5.05. The molecule has 0 amide bonds. The molecule has 0 heterocycles. The Morgan fingerprint density at radius 2 is 2.04 bits per heavy atom. The SMILES string of the molecule is COc1cccc(Oc2ccc(N=C(NC#N)SC)cc2F)c1. The summed E-state index contributed by atoms with van der Waals surface area (Å²) in [6.07, 6.45) is 3.54. The van der Waals surface area contributed by atoms with Crippen molar-refractivity contribution in [2.24, 2.45) is 4.99 Å². The highest BCUT2D eigenvalue weighted by Gasteiger charge is 2.07. The van der Waals surface area contributed by atoms with Gasteiger partial charge in [-0.2, -0.15) is 5.26 Å². The van der Waals surface area contributed by atoms with Crippen molar-refractivity contribution in [1.29, 1.82) is 5.26 Å². The Hall–Kier alpha value is -2.72. The molecule has 0 aliphatic carbocycles. The minimum absolute atomic E-state index is 0.0798. The van der Waals surface area contributed by atoms with Crippen LogP contribution in [0.3, 0.4) is 0 Å². The molecule has 2 aromatic carbocycles. The lowest BCUT2D eigenvalue weighted by Crippen LogP contribution is -2.12. The zero-order valence-electron chi connectivity index (χ0n) is 12.5. The topological polar surface area (TPSA) is 66.6 Å². The fourth-order valence-electron chi connectivity index (χ4n) is 1.72. The van der Waals surface area contributed by atoms with Crippen molar-refractivity contribution in [2.45, 2.75) is 0 Å². The molecule has 0 saturated carbocycles. The zero-order chi connectivity index (χ0) is 16.7. The lowest BCUT2D eigenvalue weighted by molar-refractivity contribution is 0.405. The molecule has 7 heteroatoms. The first-order valence-corrected chi connectivity index (χ1v) is 7.78. The number of amidine groups is 1. The van der Waals surface area contributed by atoms with E-state index in [1.165, 1.54) is 23.9 Å². The van der Waals surface area contributed by atoms with Gasteiger partial charge in [-0.25, -0.2) is 9.38 Å². The number of nitriles is 1. The first kappa shape index (κ1) is 16.6. The standard InChI is InChI=1S/C16H14FN3O2S/c1-21-12-4-3-5-13(9-12)22-15-7-6-11(8-14(15)17)20-16(23-2)19-10-18/h3-9H,1-2H3,(H,19,20). The van der Waals surface area contributed by atoms with E-state index in [4.69, 9.17) is 14.7 Å². The van der Waals surface area contributed by atoms with Gasteiger partial charge in [0.2, 0.25) is 0 Å². The molecule has 118 valence electrons. The van der Waals surface area contributed by atoms with Crippen LogP contribution in [-0.4, -0.2) is 18.5 Å². The van der Waals surface area contributed by atoms with E-state index >= 15 is 0 Å². The van der Waals surface area contributed by atoms with Crippen molar-refractivity contribution in [3.63, 3.8) is 0 Å². The Labute approximate surface area is 137 Å². The minimum Gasteiger partial charge on any atom is -0.497 e. The summed E-state index contributed by atoms with van der Waals surface area (Å²) in [6.45, 7) is 0. The molecule has 0 aliphatic rings. The van der Waals surface area contributed by atoms with E-state index < -0.39 is 5.82 Å². The van der Waals surface area contributed by atoms with Gasteiger partial charge in [-0.3, -0.25) is 5.32 Å². The number of hydrogen-bond donors (Lipinski definition) is 1. The smallest absolute Gasteiger partial charge is 0.183 e. The number of nitrogens with zero attached hydrogens (tertiary/aromatic N) is 2. The Bertz CT molecular complexity index is 759. The number of aliphatic imine (C=N–C) groups is 1. The van der Waals surface area contributed by atoms with Crippen LogP contribution in [-0.2, 0) is 0 Å². The first-order valence-electron chi connectivity index (χ1n) is 6.55. The Balaban J connectivity index is 2.21. The van der Waals surface area contributed by atoms with Crippen LogP contribution in [0.1, 0.15) is 0 Å². The van der Waals surface area contributed by atoms with Gasteiger partial charge in [0.15, 0.2) is 22.9 Å². The summed E-state index contributed by atoms with van der Waals surface area (Å²) >= 11 is 1.25. The molecule has 2 aromatic rings. The number of ether oxygens (including phenoxy) is 2. The fraction of sp³-hybridized carbons (Fsp3) is 0.125. The van der Waals surface area contributed by atoms with E-state index in [0.29, 0.717) is 22.4 Å². The van der Waals surface area contributed by atoms with Gasteiger partial charge in [0.05, 0.1) is 12.8 Å². The summed E-state index contributed by atoms with van der Waals surface area (Å²) in [7, 11) is 1.55. The molecule has 0 fully saturated rings. The van der Waals surface area contributed by atoms with E-state index in [1.807, 2.05) is 0 Å². The summed E-state index contributed by atoms with van der Waals surface area (Å²) in [5.41, 5.74) is 0.382. The average Bonchev–Trinajstić information content (AvgIpc) is 2.57. The third-order valence-electron chi connectivity index (χ3n) is 2.77. The molecule has 0 saturated heterocycles. The van der Waals surface area contributed by atoms with E-state index in [9.17, 15) is 4.39 Å². The molecule has 0 unspecified atom stereocenters. The summed E-state index contributed by atoms with van der Waals surface area (Å²) < 4.78 is 24.7. The molecule has 0 bridgehead atoms. The van der Waals surface area contributed by atoms with Crippen LogP contribution in [0, 0.1) is 17.3 Å². The quantitative estimate of drug-likeness (QED) is 0.396. The Kier molecular flexibility index (Phi) is 5.83. The third-order valence-corrected chi connectivity index (χ3v) is 3.35. The number of benzene rings is 2. The van der Waals surface area contributed by atoms with E-state index in [0.717, 1.165) is 0 Å². The van der Waals surface area contributed by atoms with Gasteiger partial charge in [0.25, 0.3) is 0 Å². The highest BCUT2D eigenvalue weighted by molar-refractivity contribution is 8.13. The number of thioether (sulfide) groups is 1. The van der Waals surface area contributed by atoms with Crippen molar-refractivity contribution in [1.82, 2.24) is 5.32 Å². The minimum atomic E-state index is -0.550. The Morgan fingerprint density at radius 3 is 2.70 bits per heavy atom. The lowest BCUT2D eigenvalue weighted by Gasteiger charge is -2.08. The van der Waals surface area contributed by atoms with Crippen molar-refractivity contribution in [3.8, 4) is 23.4 Å². The molecule has 23 heavy (non-hydrogen) atoms. The molecule has 1 N–H and O–H groups in total. The number of hydrogen-bond acceptors (Lipinski definition) is 5. The summed E-state index contributed by atoms with van der Waals surface area (Å²) in [4.78, 5) is 4.13. The maximum absolute atomic E-state index is 14.1. The molecule has 0 radical (unpaired) electrons. The average molecular weight is 331 g/mol. The highest BCUT2D eigenvalue weighted by atomic mass is 32.2. The van der Waals surface area contributed by atoms with E-state index in [-0.39, 0.29) is 5.75 Å². The Morgan fingerprint density at radius 1 is 1.26 bits per heavy atom. The maximum atomic E-state index is 14.1. The van der Waals surface area contributed by atoms with Crippen molar-refractivity contribution >= 4 is 22.6 Å². The first-order chi connectivity index (χ1) is 11.2. The van der Waals surface area contributed by atoms with Crippen LogP contribution in [0.5, 0.6) is 17.2 Å². The van der Waals surface area contributed by atoms with Crippen LogP contribution in [0.15, 0.2) is 47.5 Å².